The summed E-state index contributed by atoms with van der Waals surface area (Å²) in [6.07, 6.45) is -0.145. The highest BCUT2D eigenvalue weighted by Crippen LogP contribution is 2.26. The number of rotatable bonds is 5. The van der Waals surface area contributed by atoms with E-state index in [4.69, 9.17) is 34.9 Å². The van der Waals surface area contributed by atoms with Gasteiger partial charge in [-0.2, -0.15) is 0 Å². The third kappa shape index (κ3) is 5.51. The topological polar surface area (TPSA) is 199 Å². The van der Waals surface area contributed by atoms with E-state index in [1.165, 1.54) is 0 Å². The summed E-state index contributed by atoms with van der Waals surface area (Å²) < 4.78 is 0. The fourth-order valence-electron chi connectivity index (χ4n) is 4.16. The second-order valence-electron chi connectivity index (χ2n) is 8.14. The molecule has 35 heavy (non-hydrogen) atoms. The van der Waals surface area contributed by atoms with E-state index in [1.807, 2.05) is 4.90 Å². The van der Waals surface area contributed by atoms with Crippen molar-refractivity contribution in [3.63, 3.8) is 0 Å². The van der Waals surface area contributed by atoms with Gasteiger partial charge >= 0.3 is 0 Å². The quantitative estimate of drug-likeness (QED) is 0.138. The Morgan fingerprint density at radius 3 is 2.51 bits per heavy atom. The maximum atomic E-state index is 12.9. The van der Waals surface area contributed by atoms with Crippen molar-refractivity contribution in [1.29, 1.82) is 0 Å². The van der Waals surface area contributed by atoms with E-state index in [0.29, 0.717) is 43.1 Å². The second-order valence-corrected chi connectivity index (χ2v) is 8.94. The van der Waals surface area contributed by atoms with Crippen molar-refractivity contribution in [2.24, 2.45) is 37.4 Å². The molecule has 1 spiro atoms. The molecule has 2 unspecified atom stereocenters. The fourth-order valence-corrected chi connectivity index (χ4v) is 4.47. The SMILES string of the molecule is NN=NC1=C(Cl)N=C(C(=O)NC2NCC3(CCN(C(=O)c4ccc(Cl)cc4)CC3)N2)C(N=NN)N1. The maximum Gasteiger partial charge on any atom is 0.272 e. The average Bonchev–Trinajstić information content (AvgIpc) is 3.23. The summed E-state index contributed by atoms with van der Waals surface area (Å²) in [6, 6.07) is 6.85. The van der Waals surface area contributed by atoms with Gasteiger partial charge in [0.25, 0.3) is 11.8 Å². The number of hydrogen-bond donors (Lipinski definition) is 6. The molecule has 2 fully saturated rings. The van der Waals surface area contributed by atoms with Crippen LogP contribution in [0.25, 0.3) is 0 Å². The lowest BCUT2D eigenvalue weighted by Crippen LogP contribution is -2.58. The van der Waals surface area contributed by atoms with Gasteiger partial charge in [-0.25, -0.2) is 4.99 Å². The number of nitrogens with two attached hydrogens (primary N) is 2. The molecule has 1 aromatic carbocycles. The molecule has 0 radical (unpaired) electrons. The van der Waals surface area contributed by atoms with Gasteiger partial charge in [-0.05, 0) is 37.1 Å². The number of amides is 2. The van der Waals surface area contributed by atoms with Crippen LogP contribution in [0.2, 0.25) is 5.02 Å². The van der Waals surface area contributed by atoms with Crippen molar-refractivity contribution in [3.05, 3.63) is 45.8 Å². The number of piperidine rings is 1. The van der Waals surface area contributed by atoms with Gasteiger partial charge in [-0.3, -0.25) is 20.2 Å². The van der Waals surface area contributed by atoms with Gasteiger partial charge in [0.1, 0.15) is 6.29 Å². The highest BCUT2D eigenvalue weighted by atomic mass is 35.5. The first-order chi connectivity index (χ1) is 16.8. The van der Waals surface area contributed by atoms with Gasteiger partial charge in [-0.15, -0.1) is 10.2 Å². The monoisotopic (exact) mass is 522 g/mol. The Morgan fingerprint density at radius 1 is 1.14 bits per heavy atom. The number of hydrogen-bond acceptors (Lipinski definition) is 10. The van der Waals surface area contributed by atoms with Crippen molar-refractivity contribution in [1.82, 2.24) is 26.2 Å². The van der Waals surface area contributed by atoms with Crippen LogP contribution in [0.5, 0.6) is 0 Å². The largest absolute Gasteiger partial charge is 0.339 e. The molecule has 8 N–H and O–H groups in total. The van der Waals surface area contributed by atoms with Crippen LogP contribution in [0, 0.1) is 0 Å². The standard InChI is InChI=1S/C19H24Cl2N12O2/c20-11-3-1-10(2-4-11)17(35)33-7-5-19(6-8-33)9-24-18(28-19)27-16(34)12-14(29-31-22)26-15(30-32-23)13(21)25-12/h1-4,14,18,24,26,28H,5-9H2,(H2,22,29)(H2,23,30)(H,27,34). The minimum absolute atomic E-state index is 0.0269. The lowest BCUT2D eigenvalue weighted by atomic mass is 9.88. The molecule has 0 aliphatic carbocycles. The van der Waals surface area contributed by atoms with Gasteiger partial charge in [-0.1, -0.05) is 33.6 Å². The summed E-state index contributed by atoms with van der Waals surface area (Å²) in [7, 11) is 0. The number of nitrogens with zero attached hydrogens (tertiary/aromatic N) is 6. The van der Waals surface area contributed by atoms with Crippen molar-refractivity contribution < 1.29 is 9.59 Å². The zero-order valence-corrected chi connectivity index (χ0v) is 19.9. The van der Waals surface area contributed by atoms with E-state index in [1.54, 1.807) is 24.3 Å². The summed E-state index contributed by atoms with van der Waals surface area (Å²) in [6.45, 7) is 1.76. The van der Waals surface area contributed by atoms with Crippen molar-refractivity contribution in [2.75, 3.05) is 19.6 Å². The van der Waals surface area contributed by atoms with Gasteiger partial charge in [0.05, 0.1) is 0 Å². The molecule has 4 rings (SSSR count). The van der Waals surface area contributed by atoms with Crippen LogP contribution in [0.15, 0.2) is 60.9 Å². The zero-order valence-electron chi connectivity index (χ0n) is 18.4. The van der Waals surface area contributed by atoms with Crippen LogP contribution < -0.4 is 33.0 Å². The first-order valence-corrected chi connectivity index (χ1v) is 11.4. The Bertz CT molecular complexity index is 1100. The molecule has 2 atom stereocenters. The molecule has 1 aromatic rings. The lowest BCUT2D eigenvalue weighted by molar-refractivity contribution is -0.116. The van der Waals surface area contributed by atoms with Crippen LogP contribution >= 0.6 is 23.2 Å². The van der Waals surface area contributed by atoms with Crippen LogP contribution in [-0.4, -0.2) is 60.1 Å². The summed E-state index contributed by atoms with van der Waals surface area (Å²) in [5.41, 5.74) is 0.264. The highest BCUT2D eigenvalue weighted by Gasteiger charge is 2.42. The number of nitrogens with one attached hydrogen (secondary N) is 4. The summed E-state index contributed by atoms with van der Waals surface area (Å²) >= 11 is 12.0. The van der Waals surface area contributed by atoms with Crippen LogP contribution in [0.3, 0.4) is 0 Å². The van der Waals surface area contributed by atoms with Gasteiger partial charge in [0.15, 0.2) is 22.9 Å². The van der Waals surface area contributed by atoms with Gasteiger partial charge in [0.2, 0.25) is 0 Å². The summed E-state index contributed by atoms with van der Waals surface area (Å²) in [5.74, 6) is 9.65. The first-order valence-electron chi connectivity index (χ1n) is 10.7. The Labute approximate surface area is 210 Å². The van der Waals surface area contributed by atoms with Crippen LogP contribution in [-0.2, 0) is 4.79 Å². The van der Waals surface area contributed by atoms with Crippen molar-refractivity contribution in [3.8, 4) is 0 Å². The molecule has 0 bridgehead atoms. The second kappa shape index (κ2) is 10.5. The van der Waals surface area contributed by atoms with E-state index >= 15 is 0 Å². The Balaban J connectivity index is 1.36. The van der Waals surface area contributed by atoms with E-state index in [2.05, 4.69) is 46.9 Å². The number of carbonyl (C=O) groups excluding carboxylic acids is 2. The molecule has 3 heterocycles. The minimum Gasteiger partial charge on any atom is -0.339 e. The highest BCUT2D eigenvalue weighted by molar-refractivity contribution is 6.43. The molecular weight excluding hydrogens is 499 g/mol. The number of carbonyl (C=O) groups is 2. The van der Waals surface area contributed by atoms with Gasteiger partial charge < -0.3 is 27.2 Å². The van der Waals surface area contributed by atoms with Gasteiger partial charge in [0, 0.05) is 35.8 Å². The Hall–Kier alpha value is -3.33. The van der Waals surface area contributed by atoms with E-state index in [0.717, 1.165) is 0 Å². The van der Waals surface area contributed by atoms with E-state index in [9.17, 15) is 9.59 Å². The maximum absolute atomic E-state index is 12.9. The molecule has 16 heteroatoms. The van der Waals surface area contributed by atoms with Crippen LogP contribution in [0.1, 0.15) is 23.2 Å². The molecule has 3 aliphatic heterocycles. The smallest absolute Gasteiger partial charge is 0.272 e. The molecule has 14 nitrogen and oxygen atoms in total. The Kier molecular flexibility index (Phi) is 7.45. The number of aliphatic imine (C=N–C) groups is 1. The third-order valence-corrected chi connectivity index (χ3v) is 6.50. The lowest BCUT2D eigenvalue weighted by Gasteiger charge is -2.39. The third-order valence-electron chi connectivity index (χ3n) is 5.99. The average molecular weight is 523 g/mol. The molecule has 2 amide bonds. The normalized spacial score (nSPS) is 24.2. The number of halogens is 2. The molecule has 186 valence electrons. The molecule has 2 saturated heterocycles. The van der Waals surface area contributed by atoms with Crippen molar-refractivity contribution >= 4 is 40.7 Å². The van der Waals surface area contributed by atoms with Crippen molar-refractivity contribution in [2.45, 2.75) is 30.8 Å². The number of likely N-dealkylation sites (tertiary alicyclic amines) is 1. The predicted molar refractivity (Wildman–Crippen MR) is 128 cm³/mol. The summed E-state index contributed by atoms with van der Waals surface area (Å²) in [5, 5.41) is 26.4. The predicted octanol–water partition coefficient (Wildman–Crippen LogP) is 0.295. The van der Waals surface area contributed by atoms with E-state index < -0.39 is 18.4 Å². The molecular formula is C19H24Cl2N12O2. The fraction of sp³-hybridized carbons (Fsp3) is 0.421. The van der Waals surface area contributed by atoms with Crippen LogP contribution in [0.4, 0.5) is 0 Å². The Morgan fingerprint density at radius 2 is 1.86 bits per heavy atom. The number of benzene rings is 1. The first kappa shape index (κ1) is 24.8. The molecule has 3 aliphatic rings. The summed E-state index contributed by atoms with van der Waals surface area (Å²) in [4.78, 5) is 31.6. The molecule has 0 saturated carbocycles. The van der Waals surface area contributed by atoms with E-state index in [-0.39, 0.29) is 28.1 Å². The molecule has 0 aromatic heterocycles. The minimum atomic E-state index is -1.03. The zero-order chi connectivity index (χ0) is 25.0.